The van der Waals surface area contributed by atoms with Gasteiger partial charge in [-0.15, -0.1) is 0 Å². The summed E-state index contributed by atoms with van der Waals surface area (Å²) in [4.78, 5) is 8.82. The minimum absolute atomic E-state index is 0.373. The van der Waals surface area contributed by atoms with Gasteiger partial charge in [0, 0.05) is 5.56 Å². The molecule has 0 fully saturated rings. The molecule has 2 aromatic carbocycles. The molecule has 0 radical (unpaired) electrons. The van der Waals surface area contributed by atoms with Gasteiger partial charge in [-0.3, -0.25) is 10.3 Å². The molecule has 0 aromatic heterocycles. The van der Waals surface area contributed by atoms with Crippen molar-refractivity contribution >= 4 is 22.8 Å². The summed E-state index contributed by atoms with van der Waals surface area (Å²) < 4.78 is 0. The summed E-state index contributed by atoms with van der Waals surface area (Å²) in [6, 6.07) is 14.4. The quantitative estimate of drug-likeness (QED) is 0.851. The number of nitrogens with zero attached hydrogens (tertiary/aromatic N) is 3. The average Bonchev–Trinajstić information content (AvgIpc) is 2.94. The fourth-order valence-corrected chi connectivity index (χ4v) is 2.16. The predicted octanol–water partition coefficient (Wildman–Crippen LogP) is 4.00. The van der Waals surface area contributed by atoms with Crippen molar-refractivity contribution in [3.8, 4) is 0 Å². The molecule has 2 aromatic rings. The molecular formula is C18H19N3O. The first-order valence-electron chi connectivity index (χ1n) is 7.25. The largest absolute Gasteiger partial charge is 0.288 e. The molecule has 22 heavy (non-hydrogen) atoms. The Hall–Kier alpha value is -2.46. The van der Waals surface area contributed by atoms with Crippen LogP contribution in [0.25, 0.3) is 10.8 Å². The van der Waals surface area contributed by atoms with Gasteiger partial charge < -0.3 is 0 Å². The van der Waals surface area contributed by atoms with Crippen molar-refractivity contribution in [1.82, 2.24) is 5.06 Å². The second-order valence-electron chi connectivity index (χ2n) is 6.32. The first-order valence-corrected chi connectivity index (χ1v) is 7.25. The van der Waals surface area contributed by atoms with Crippen LogP contribution < -0.4 is 0 Å². The van der Waals surface area contributed by atoms with Gasteiger partial charge in [-0.1, -0.05) is 36.4 Å². The molecule has 1 heterocycles. The summed E-state index contributed by atoms with van der Waals surface area (Å²) in [7, 11) is 0. The van der Waals surface area contributed by atoms with E-state index < -0.39 is 0 Å². The fraction of sp³-hybridized carbons (Fsp3) is 0.222. The van der Waals surface area contributed by atoms with Gasteiger partial charge in [0.2, 0.25) is 0 Å². The van der Waals surface area contributed by atoms with Crippen molar-refractivity contribution in [3.63, 3.8) is 0 Å². The van der Waals surface area contributed by atoms with Gasteiger partial charge in [0.25, 0.3) is 0 Å². The first kappa shape index (κ1) is 14.5. The van der Waals surface area contributed by atoms with E-state index in [2.05, 4.69) is 34.3 Å². The van der Waals surface area contributed by atoms with Crippen molar-refractivity contribution < 1.29 is 5.21 Å². The molecule has 0 unspecified atom stereocenters. The summed E-state index contributed by atoms with van der Waals surface area (Å²) in [6.07, 6.45) is 3.26. The van der Waals surface area contributed by atoms with Gasteiger partial charge in [-0.2, -0.15) is 0 Å². The minimum atomic E-state index is -0.373. The Bertz CT molecular complexity index is 797. The van der Waals surface area contributed by atoms with Gasteiger partial charge in [0.1, 0.15) is 5.70 Å². The van der Waals surface area contributed by atoms with E-state index in [4.69, 9.17) is 0 Å². The third-order valence-corrected chi connectivity index (χ3v) is 3.50. The van der Waals surface area contributed by atoms with Crippen molar-refractivity contribution in [1.29, 1.82) is 0 Å². The van der Waals surface area contributed by atoms with Crippen LogP contribution in [0.1, 0.15) is 26.3 Å². The Balaban J connectivity index is 1.91. The molecule has 1 N–H and O–H groups in total. The lowest BCUT2D eigenvalue weighted by Crippen LogP contribution is -2.34. The van der Waals surface area contributed by atoms with Crippen LogP contribution in [-0.4, -0.2) is 27.9 Å². The van der Waals surface area contributed by atoms with Crippen LogP contribution in [0.4, 0.5) is 0 Å². The summed E-state index contributed by atoms with van der Waals surface area (Å²) in [5.74, 6) is 0.666. The van der Waals surface area contributed by atoms with Crippen LogP contribution in [-0.2, 0) is 0 Å². The van der Waals surface area contributed by atoms with E-state index in [1.54, 1.807) is 12.4 Å². The Kier molecular flexibility index (Phi) is 3.54. The predicted molar refractivity (Wildman–Crippen MR) is 90.4 cm³/mol. The lowest BCUT2D eigenvalue weighted by Gasteiger charge is -2.27. The van der Waals surface area contributed by atoms with E-state index in [1.807, 2.05) is 39.0 Å². The number of hydroxylamine groups is 2. The zero-order valence-electron chi connectivity index (χ0n) is 13.0. The zero-order valence-corrected chi connectivity index (χ0v) is 13.0. The summed E-state index contributed by atoms with van der Waals surface area (Å²) in [6.45, 7) is 5.76. The number of amidine groups is 1. The molecule has 4 nitrogen and oxygen atoms in total. The highest BCUT2D eigenvalue weighted by molar-refractivity contribution is 6.11. The van der Waals surface area contributed by atoms with Crippen molar-refractivity contribution in [2.75, 3.05) is 0 Å². The Labute approximate surface area is 130 Å². The highest BCUT2D eigenvalue weighted by atomic mass is 16.5. The standard InChI is InChI=1S/C18H19N3O/c1-18(2,3)21(22)12-16-11-19-17(20-16)15-9-8-13-6-4-5-7-14(13)10-15/h4-12,22H,1-3H3. The number of rotatable bonds is 2. The van der Waals surface area contributed by atoms with E-state index in [-0.39, 0.29) is 5.54 Å². The molecule has 3 rings (SSSR count). The molecule has 0 saturated carbocycles. The molecule has 0 amide bonds. The van der Waals surface area contributed by atoms with E-state index in [0.717, 1.165) is 16.0 Å². The highest BCUT2D eigenvalue weighted by Crippen LogP contribution is 2.20. The van der Waals surface area contributed by atoms with Crippen LogP contribution in [0, 0.1) is 0 Å². The van der Waals surface area contributed by atoms with Gasteiger partial charge in [-0.25, -0.2) is 9.98 Å². The first-order chi connectivity index (χ1) is 10.4. The van der Waals surface area contributed by atoms with E-state index in [0.29, 0.717) is 11.5 Å². The lowest BCUT2D eigenvalue weighted by molar-refractivity contribution is -0.110. The van der Waals surface area contributed by atoms with Crippen molar-refractivity contribution in [3.05, 3.63) is 59.9 Å². The minimum Gasteiger partial charge on any atom is -0.288 e. The molecule has 1 aliphatic heterocycles. The van der Waals surface area contributed by atoms with Crippen LogP contribution in [0.15, 0.2) is 64.3 Å². The molecule has 0 saturated heterocycles. The second kappa shape index (κ2) is 5.39. The number of aliphatic imine (C=N–C) groups is 2. The highest BCUT2D eigenvalue weighted by Gasteiger charge is 2.18. The monoisotopic (exact) mass is 293 g/mol. The molecule has 112 valence electrons. The van der Waals surface area contributed by atoms with E-state index in [9.17, 15) is 5.21 Å². The van der Waals surface area contributed by atoms with Crippen LogP contribution in [0.3, 0.4) is 0 Å². The summed E-state index contributed by atoms with van der Waals surface area (Å²) in [5.41, 5.74) is 1.24. The normalized spacial score (nSPS) is 16.4. The maximum absolute atomic E-state index is 9.97. The number of hydrogen-bond acceptors (Lipinski definition) is 4. The molecule has 0 bridgehead atoms. The molecule has 4 heteroatoms. The molecule has 0 aliphatic carbocycles. The third kappa shape index (κ3) is 2.92. The van der Waals surface area contributed by atoms with Crippen LogP contribution in [0.2, 0.25) is 0 Å². The Morgan fingerprint density at radius 3 is 2.50 bits per heavy atom. The number of benzene rings is 2. The topological polar surface area (TPSA) is 48.2 Å². The number of hydrogen-bond donors (Lipinski definition) is 1. The number of fused-ring (bicyclic) bond motifs is 1. The van der Waals surface area contributed by atoms with Gasteiger partial charge in [-0.05, 0) is 37.6 Å². The maximum atomic E-state index is 9.97. The van der Waals surface area contributed by atoms with Crippen LogP contribution >= 0.6 is 0 Å². The van der Waals surface area contributed by atoms with Gasteiger partial charge >= 0.3 is 0 Å². The second-order valence-corrected chi connectivity index (χ2v) is 6.32. The average molecular weight is 293 g/mol. The summed E-state index contributed by atoms with van der Waals surface area (Å²) >= 11 is 0. The molecule has 1 aliphatic rings. The smallest absolute Gasteiger partial charge is 0.159 e. The summed E-state index contributed by atoms with van der Waals surface area (Å²) in [5, 5.41) is 13.5. The lowest BCUT2D eigenvalue weighted by atomic mass is 10.1. The zero-order chi connectivity index (χ0) is 15.7. The van der Waals surface area contributed by atoms with E-state index >= 15 is 0 Å². The third-order valence-electron chi connectivity index (χ3n) is 3.50. The Morgan fingerprint density at radius 2 is 1.77 bits per heavy atom. The van der Waals surface area contributed by atoms with Crippen molar-refractivity contribution in [2.24, 2.45) is 9.98 Å². The Morgan fingerprint density at radius 1 is 1.05 bits per heavy atom. The van der Waals surface area contributed by atoms with Gasteiger partial charge in [0.05, 0.1) is 18.0 Å². The SMILES string of the molecule is CC(C)(C)N(O)C=C1C=NC(c2ccc3ccccc3c2)=N1. The molecule has 0 atom stereocenters. The van der Waals surface area contributed by atoms with Crippen molar-refractivity contribution in [2.45, 2.75) is 26.3 Å². The van der Waals surface area contributed by atoms with E-state index in [1.165, 1.54) is 5.39 Å². The van der Waals surface area contributed by atoms with Gasteiger partial charge in [0.15, 0.2) is 5.84 Å². The molecule has 0 spiro atoms. The number of allylic oxidation sites excluding steroid dienone is 1. The fourth-order valence-electron chi connectivity index (χ4n) is 2.16. The van der Waals surface area contributed by atoms with Crippen LogP contribution in [0.5, 0.6) is 0 Å². The molecular weight excluding hydrogens is 274 g/mol. The maximum Gasteiger partial charge on any atom is 0.159 e.